The zero-order valence-electron chi connectivity index (χ0n) is 6.33. The number of carbonyl (C=O) groups excluding carboxylic acids is 2. The number of Topliss-reactive ketones (excluding diaryl/α,β-unsaturated/α-hetero) is 1. The van der Waals surface area contributed by atoms with Crippen molar-refractivity contribution in [2.45, 2.75) is 6.92 Å². The van der Waals surface area contributed by atoms with E-state index in [0.717, 1.165) is 5.01 Å². The molecule has 0 aliphatic carbocycles. The van der Waals surface area contributed by atoms with Gasteiger partial charge in [0.2, 0.25) is 0 Å². The van der Waals surface area contributed by atoms with Crippen LogP contribution in [0.4, 0.5) is 0 Å². The molecule has 1 aliphatic heterocycles. The van der Waals surface area contributed by atoms with Crippen LogP contribution in [-0.2, 0) is 14.3 Å². The maximum atomic E-state index is 10.9. The topological polar surface area (TPSA) is 59.0 Å². The van der Waals surface area contributed by atoms with Gasteiger partial charge >= 0.3 is 11.7 Å². The van der Waals surface area contributed by atoms with E-state index in [1.165, 1.54) is 7.05 Å². The highest BCUT2D eigenvalue weighted by atomic mass is 16.5. The molecule has 0 spiro atoms. The van der Waals surface area contributed by atoms with Crippen molar-refractivity contribution in [3.63, 3.8) is 0 Å². The Hall–Kier alpha value is -1.39. The van der Waals surface area contributed by atoms with Crippen molar-refractivity contribution in [3.05, 3.63) is 0 Å². The molecule has 60 valence electrons. The van der Waals surface area contributed by atoms with Gasteiger partial charge in [0.1, 0.15) is 0 Å². The van der Waals surface area contributed by atoms with Crippen molar-refractivity contribution >= 4 is 17.6 Å². The fraction of sp³-hybridized carbons (Fsp3) is 0.500. The number of hydrogen-bond donors (Lipinski definition) is 0. The zero-order chi connectivity index (χ0) is 8.43. The second kappa shape index (κ2) is 2.69. The van der Waals surface area contributed by atoms with Crippen molar-refractivity contribution in [2.75, 3.05) is 13.7 Å². The molecule has 0 aromatic heterocycles. The highest BCUT2D eigenvalue weighted by molar-refractivity contribution is 6.64. The van der Waals surface area contributed by atoms with Gasteiger partial charge in [-0.25, -0.2) is 5.01 Å². The van der Waals surface area contributed by atoms with Crippen LogP contribution in [0.1, 0.15) is 6.92 Å². The summed E-state index contributed by atoms with van der Waals surface area (Å²) in [7, 11) is 1.41. The Labute approximate surface area is 63.6 Å². The van der Waals surface area contributed by atoms with E-state index < -0.39 is 11.7 Å². The molecule has 0 N–H and O–H groups in total. The van der Waals surface area contributed by atoms with Gasteiger partial charge in [0.25, 0.3) is 5.90 Å². The van der Waals surface area contributed by atoms with Crippen LogP contribution in [0.2, 0.25) is 0 Å². The van der Waals surface area contributed by atoms with Crippen LogP contribution in [0.5, 0.6) is 0 Å². The molecule has 11 heavy (non-hydrogen) atoms. The normalized spacial score (nSPS) is 17.3. The number of ether oxygens (including phenoxy) is 1. The first-order valence-electron chi connectivity index (χ1n) is 3.20. The minimum absolute atomic E-state index is 0.111. The van der Waals surface area contributed by atoms with E-state index in [0.29, 0.717) is 6.61 Å². The van der Waals surface area contributed by atoms with E-state index in [9.17, 15) is 9.59 Å². The van der Waals surface area contributed by atoms with Crippen LogP contribution in [0, 0.1) is 0 Å². The van der Waals surface area contributed by atoms with Crippen molar-refractivity contribution < 1.29 is 14.3 Å². The molecule has 5 heteroatoms. The van der Waals surface area contributed by atoms with Crippen LogP contribution in [0.15, 0.2) is 5.10 Å². The molecule has 0 saturated heterocycles. The molecule has 0 atom stereocenters. The monoisotopic (exact) mass is 156 g/mol. The molecule has 1 rings (SSSR count). The highest BCUT2D eigenvalue weighted by Crippen LogP contribution is 2.02. The molecule has 1 amide bonds. The Kier molecular flexibility index (Phi) is 1.89. The Morgan fingerprint density at radius 1 is 1.55 bits per heavy atom. The Morgan fingerprint density at radius 3 is 2.55 bits per heavy atom. The molecule has 0 radical (unpaired) electrons. The Bertz CT molecular complexity index is 234. The molecule has 0 saturated carbocycles. The number of carbonyl (C=O) groups is 2. The van der Waals surface area contributed by atoms with Gasteiger partial charge in [0.05, 0.1) is 6.61 Å². The first kappa shape index (κ1) is 7.71. The molecular weight excluding hydrogens is 148 g/mol. The van der Waals surface area contributed by atoms with E-state index in [2.05, 4.69) is 5.10 Å². The molecule has 0 fully saturated rings. The van der Waals surface area contributed by atoms with E-state index >= 15 is 0 Å². The van der Waals surface area contributed by atoms with Gasteiger partial charge in [-0.05, 0) is 6.92 Å². The van der Waals surface area contributed by atoms with Gasteiger partial charge in [0, 0.05) is 7.05 Å². The fourth-order valence-corrected chi connectivity index (χ4v) is 0.697. The van der Waals surface area contributed by atoms with Crippen LogP contribution in [0.25, 0.3) is 0 Å². The predicted octanol–water partition coefficient (Wildman–Crippen LogP) is -0.623. The Morgan fingerprint density at radius 2 is 2.18 bits per heavy atom. The second-order valence-electron chi connectivity index (χ2n) is 2.00. The number of amides is 1. The van der Waals surface area contributed by atoms with Crippen LogP contribution < -0.4 is 0 Å². The Balaban J connectivity index is 2.75. The number of nitrogens with zero attached hydrogens (tertiary/aromatic N) is 2. The maximum absolute atomic E-state index is 10.9. The summed E-state index contributed by atoms with van der Waals surface area (Å²) >= 11 is 0. The van der Waals surface area contributed by atoms with Gasteiger partial charge < -0.3 is 4.74 Å². The zero-order valence-corrected chi connectivity index (χ0v) is 6.33. The summed E-state index contributed by atoms with van der Waals surface area (Å²) in [5.74, 6) is -1.43. The summed E-state index contributed by atoms with van der Waals surface area (Å²) in [6, 6.07) is 0. The van der Waals surface area contributed by atoms with Gasteiger partial charge in [0.15, 0.2) is 0 Å². The SMILES string of the molecule is CCOC1=NN(C)C(=O)C1=O. The summed E-state index contributed by atoms with van der Waals surface area (Å²) < 4.78 is 4.79. The lowest BCUT2D eigenvalue weighted by Gasteiger charge is -1.96. The number of hydrogen-bond acceptors (Lipinski definition) is 4. The molecule has 0 bridgehead atoms. The minimum Gasteiger partial charge on any atom is -0.474 e. The first-order valence-corrected chi connectivity index (χ1v) is 3.20. The smallest absolute Gasteiger partial charge is 0.320 e. The summed E-state index contributed by atoms with van der Waals surface area (Å²) in [5.41, 5.74) is 0. The van der Waals surface area contributed by atoms with Crippen molar-refractivity contribution in [1.82, 2.24) is 5.01 Å². The predicted molar refractivity (Wildman–Crippen MR) is 36.8 cm³/mol. The average Bonchev–Trinajstić information content (AvgIpc) is 2.19. The fourth-order valence-electron chi connectivity index (χ4n) is 0.697. The van der Waals surface area contributed by atoms with Gasteiger partial charge in [-0.15, -0.1) is 5.10 Å². The number of ketones is 1. The second-order valence-corrected chi connectivity index (χ2v) is 2.00. The van der Waals surface area contributed by atoms with E-state index in [1.54, 1.807) is 6.92 Å². The van der Waals surface area contributed by atoms with Crippen molar-refractivity contribution in [3.8, 4) is 0 Å². The van der Waals surface area contributed by atoms with Crippen LogP contribution >= 0.6 is 0 Å². The number of hydrazone groups is 1. The van der Waals surface area contributed by atoms with Crippen molar-refractivity contribution in [2.24, 2.45) is 5.10 Å². The maximum Gasteiger partial charge on any atom is 0.320 e. The third kappa shape index (κ3) is 1.21. The molecule has 0 aromatic carbocycles. The summed E-state index contributed by atoms with van der Waals surface area (Å²) in [6.45, 7) is 2.06. The molecule has 1 aliphatic rings. The van der Waals surface area contributed by atoms with E-state index in [4.69, 9.17) is 4.74 Å². The van der Waals surface area contributed by atoms with Gasteiger partial charge in [-0.1, -0.05) is 0 Å². The summed E-state index contributed by atoms with van der Waals surface area (Å²) in [4.78, 5) is 21.6. The minimum atomic E-state index is -0.672. The lowest BCUT2D eigenvalue weighted by atomic mass is 10.4. The van der Waals surface area contributed by atoms with Gasteiger partial charge in [-0.2, -0.15) is 0 Å². The van der Waals surface area contributed by atoms with Crippen molar-refractivity contribution in [1.29, 1.82) is 0 Å². The average molecular weight is 156 g/mol. The lowest BCUT2D eigenvalue weighted by Crippen LogP contribution is -2.25. The molecule has 5 nitrogen and oxygen atoms in total. The first-order chi connectivity index (χ1) is 5.16. The van der Waals surface area contributed by atoms with E-state index in [-0.39, 0.29) is 5.90 Å². The summed E-state index contributed by atoms with van der Waals surface area (Å²) in [5, 5.41) is 4.53. The quantitative estimate of drug-likeness (QED) is 0.475. The number of rotatable bonds is 1. The third-order valence-electron chi connectivity index (χ3n) is 1.20. The van der Waals surface area contributed by atoms with E-state index in [1.807, 2.05) is 0 Å². The lowest BCUT2D eigenvalue weighted by molar-refractivity contribution is -0.139. The molecular formula is C6H8N2O3. The standard InChI is InChI=1S/C6H8N2O3/c1-3-11-5-4(9)6(10)8(2)7-5/h3H2,1-2H3. The molecule has 1 heterocycles. The number of likely N-dealkylation sites (N-methyl/N-ethyl adjacent to an activating group) is 1. The summed E-state index contributed by atoms with van der Waals surface area (Å²) in [6.07, 6.45) is 0. The largest absolute Gasteiger partial charge is 0.474 e. The molecule has 0 aromatic rings. The van der Waals surface area contributed by atoms with Crippen LogP contribution in [-0.4, -0.2) is 36.3 Å². The highest BCUT2D eigenvalue weighted by Gasteiger charge is 2.32. The third-order valence-corrected chi connectivity index (χ3v) is 1.20. The van der Waals surface area contributed by atoms with Crippen LogP contribution in [0.3, 0.4) is 0 Å². The van der Waals surface area contributed by atoms with Gasteiger partial charge in [-0.3, -0.25) is 9.59 Å². The molecule has 0 unspecified atom stereocenters.